The summed E-state index contributed by atoms with van der Waals surface area (Å²) >= 11 is 0. The first kappa shape index (κ1) is 19.5. The number of carbonyl (C=O) groups is 1. The van der Waals surface area contributed by atoms with Gasteiger partial charge in [0.15, 0.2) is 11.5 Å². The minimum Gasteiger partial charge on any atom is -0.486 e. The normalized spacial score (nSPS) is 22.2. The van der Waals surface area contributed by atoms with E-state index in [4.69, 9.17) is 9.47 Å². The van der Waals surface area contributed by atoms with Crippen molar-refractivity contribution in [1.82, 2.24) is 14.1 Å². The van der Waals surface area contributed by atoms with E-state index in [1.165, 1.54) is 10.4 Å². The molecule has 0 spiro atoms. The van der Waals surface area contributed by atoms with Gasteiger partial charge in [0.1, 0.15) is 13.2 Å². The van der Waals surface area contributed by atoms with Crippen LogP contribution < -0.4 is 9.47 Å². The van der Waals surface area contributed by atoms with Crippen LogP contribution in [0, 0.1) is 0 Å². The van der Waals surface area contributed by atoms with Gasteiger partial charge in [-0.1, -0.05) is 0 Å². The van der Waals surface area contributed by atoms with Gasteiger partial charge in [0.2, 0.25) is 15.9 Å². The van der Waals surface area contributed by atoms with Gasteiger partial charge < -0.3 is 14.4 Å². The van der Waals surface area contributed by atoms with Crippen LogP contribution in [0.25, 0.3) is 0 Å². The minimum absolute atomic E-state index is 0.153. The van der Waals surface area contributed by atoms with Crippen LogP contribution in [-0.2, 0) is 14.8 Å². The van der Waals surface area contributed by atoms with Crippen LogP contribution in [0.15, 0.2) is 23.1 Å². The lowest BCUT2D eigenvalue weighted by molar-refractivity contribution is -0.135. The second-order valence-electron chi connectivity index (χ2n) is 7.45. The number of nitrogens with zero attached hydrogens (tertiary/aromatic N) is 3. The highest BCUT2D eigenvalue weighted by Crippen LogP contribution is 2.33. The first-order chi connectivity index (χ1) is 13.5. The van der Waals surface area contributed by atoms with Crippen molar-refractivity contribution in [2.24, 2.45) is 0 Å². The lowest BCUT2D eigenvalue weighted by Crippen LogP contribution is -2.55. The van der Waals surface area contributed by atoms with E-state index < -0.39 is 10.0 Å². The fourth-order valence-electron chi connectivity index (χ4n) is 4.02. The molecule has 0 aliphatic carbocycles. The summed E-state index contributed by atoms with van der Waals surface area (Å²) in [5.74, 6) is 1.20. The molecule has 3 heterocycles. The van der Waals surface area contributed by atoms with Crippen LogP contribution in [0.2, 0.25) is 0 Å². The first-order valence-electron chi connectivity index (χ1n) is 9.89. The monoisotopic (exact) mass is 409 g/mol. The van der Waals surface area contributed by atoms with Crippen molar-refractivity contribution in [2.75, 3.05) is 52.5 Å². The van der Waals surface area contributed by atoms with Crippen LogP contribution >= 0.6 is 0 Å². The Morgan fingerprint density at radius 2 is 1.61 bits per heavy atom. The van der Waals surface area contributed by atoms with E-state index in [-0.39, 0.29) is 16.8 Å². The van der Waals surface area contributed by atoms with Gasteiger partial charge in [-0.15, -0.1) is 0 Å². The van der Waals surface area contributed by atoms with E-state index in [1.54, 1.807) is 12.1 Å². The molecule has 3 aliphatic rings. The molecule has 8 nitrogen and oxygen atoms in total. The molecule has 0 saturated carbocycles. The van der Waals surface area contributed by atoms with E-state index in [9.17, 15) is 13.2 Å². The Kier molecular flexibility index (Phi) is 5.48. The summed E-state index contributed by atoms with van der Waals surface area (Å²) in [5, 5.41) is 0. The predicted molar refractivity (Wildman–Crippen MR) is 103 cm³/mol. The summed E-state index contributed by atoms with van der Waals surface area (Å²) in [6.45, 7) is 6.31. The topological polar surface area (TPSA) is 79.4 Å². The van der Waals surface area contributed by atoms with Gasteiger partial charge in [0, 0.05) is 45.3 Å². The number of rotatable bonds is 4. The molecule has 0 unspecified atom stereocenters. The molecule has 0 N–H and O–H groups in total. The SMILES string of the molecule is C[C@@H](C(=O)N1CCCC1)N1CCN(S(=O)(=O)c2ccc3c(c2)OCCO3)CC1. The first-order valence-corrected chi connectivity index (χ1v) is 11.3. The molecule has 154 valence electrons. The fourth-order valence-corrected chi connectivity index (χ4v) is 5.46. The lowest BCUT2D eigenvalue weighted by Gasteiger charge is -2.37. The zero-order valence-electron chi connectivity index (χ0n) is 16.2. The second kappa shape index (κ2) is 7.88. The number of carbonyl (C=O) groups excluding carboxylic acids is 1. The predicted octanol–water partition coefficient (Wildman–Crippen LogP) is 0.775. The van der Waals surface area contributed by atoms with Crippen LogP contribution in [0.4, 0.5) is 0 Å². The van der Waals surface area contributed by atoms with Gasteiger partial charge in [-0.25, -0.2) is 8.42 Å². The molecule has 4 rings (SSSR count). The van der Waals surface area contributed by atoms with Crippen molar-refractivity contribution in [3.63, 3.8) is 0 Å². The largest absolute Gasteiger partial charge is 0.486 e. The van der Waals surface area contributed by atoms with E-state index in [0.717, 1.165) is 25.9 Å². The summed E-state index contributed by atoms with van der Waals surface area (Å²) < 4.78 is 38.5. The van der Waals surface area contributed by atoms with Gasteiger partial charge in [-0.3, -0.25) is 9.69 Å². The number of hydrogen-bond donors (Lipinski definition) is 0. The zero-order chi connectivity index (χ0) is 19.7. The van der Waals surface area contributed by atoms with Crippen molar-refractivity contribution >= 4 is 15.9 Å². The van der Waals surface area contributed by atoms with Gasteiger partial charge in [0.05, 0.1) is 10.9 Å². The lowest BCUT2D eigenvalue weighted by atomic mass is 10.2. The third kappa shape index (κ3) is 3.70. The van der Waals surface area contributed by atoms with Crippen molar-refractivity contribution in [2.45, 2.75) is 30.7 Å². The molecule has 9 heteroatoms. The van der Waals surface area contributed by atoms with Crippen molar-refractivity contribution < 1.29 is 22.7 Å². The van der Waals surface area contributed by atoms with Crippen molar-refractivity contribution in [3.05, 3.63) is 18.2 Å². The van der Waals surface area contributed by atoms with E-state index >= 15 is 0 Å². The van der Waals surface area contributed by atoms with E-state index in [0.29, 0.717) is 50.9 Å². The van der Waals surface area contributed by atoms with E-state index in [2.05, 4.69) is 4.90 Å². The number of ether oxygens (including phenoxy) is 2. The van der Waals surface area contributed by atoms with Crippen LogP contribution in [0.3, 0.4) is 0 Å². The second-order valence-corrected chi connectivity index (χ2v) is 9.39. The Morgan fingerprint density at radius 1 is 0.964 bits per heavy atom. The molecule has 1 aromatic carbocycles. The molecule has 0 bridgehead atoms. The molecular formula is C19H27N3O5S. The zero-order valence-corrected chi connectivity index (χ0v) is 17.0. The molecule has 0 aromatic heterocycles. The summed E-state index contributed by atoms with van der Waals surface area (Å²) in [4.78, 5) is 16.8. The standard InChI is InChI=1S/C19H27N3O5S/c1-15(19(23)21-6-2-3-7-21)20-8-10-22(11-9-20)28(24,25)16-4-5-17-18(14-16)27-13-12-26-17/h4-5,14-15H,2-3,6-13H2,1H3/t15-/m0/s1. The number of sulfonamides is 1. The molecule has 2 fully saturated rings. The summed E-state index contributed by atoms with van der Waals surface area (Å²) in [5.41, 5.74) is 0. The van der Waals surface area contributed by atoms with Crippen LogP contribution in [0.5, 0.6) is 11.5 Å². The molecule has 1 aromatic rings. The quantitative estimate of drug-likeness (QED) is 0.731. The number of piperazine rings is 1. The number of likely N-dealkylation sites (tertiary alicyclic amines) is 1. The van der Waals surface area contributed by atoms with Gasteiger partial charge >= 0.3 is 0 Å². The third-order valence-corrected chi connectivity index (χ3v) is 7.64. The molecule has 1 amide bonds. The molecular weight excluding hydrogens is 382 g/mol. The maximum atomic E-state index is 13.0. The number of fused-ring (bicyclic) bond motifs is 1. The Bertz CT molecular complexity index is 830. The summed E-state index contributed by atoms with van der Waals surface area (Å²) in [7, 11) is -3.60. The highest BCUT2D eigenvalue weighted by atomic mass is 32.2. The molecule has 1 atom stereocenters. The Hall–Kier alpha value is -1.84. The molecule has 2 saturated heterocycles. The number of amides is 1. The van der Waals surface area contributed by atoms with Crippen molar-refractivity contribution in [3.8, 4) is 11.5 Å². The Balaban J connectivity index is 1.40. The highest BCUT2D eigenvalue weighted by molar-refractivity contribution is 7.89. The Labute approximate surface area is 166 Å². The maximum Gasteiger partial charge on any atom is 0.243 e. The number of hydrogen-bond acceptors (Lipinski definition) is 6. The van der Waals surface area contributed by atoms with Crippen LogP contribution in [-0.4, -0.2) is 87.0 Å². The summed E-state index contributed by atoms with van der Waals surface area (Å²) in [6, 6.07) is 4.54. The van der Waals surface area contributed by atoms with E-state index in [1.807, 2.05) is 11.8 Å². The summed E-state index contributed by atoms with van der Waals surface area (Å²) in [6.07, 6.45) is 2.14. The molecule has 28 heavy (non-hydrogen) atoms. The average Bonchev–Trinajstić information content (AvgIpc) is 3.27. The van der Waals surface area contributed by atoms with Gasteiger partial charge in [-0.2, -0.15) is 4.31 Å². The smallest absolute Gasteiger partial charge is 0.243 e. The minimum atomic E-state index is -3.60. The molecule has 0 radical (unpaired) electrons. The Morgan fingerprint density at radius 3 is 2.29 bits per heavy atom. The van der Waals surface area contributed by atoms with Gasteiger partial charge in [-0.05, 0) is 31.9 Å². The number of benzene rings is 1. The average molecular weight is 410 g/mol. The van der Waals surface area contributed by atoms with Crippen LogP contribution in [0.1, 0.15) is 19.8 Å². The maximum absolute atomic E-state index is 13.0. The van der Waals surface area contributed by atoms with Crippen molar-refractivity contribution in [1.29, 1.82) is 0 Å². The third-order valence-electron chi connectivity index (χ3n) is 5.75. The highest BCUT2D eigenvalue weighted by Gasteiger charge is 2.34. The fraction of sp³-hybridized carbons (Fsp3) is 0.632. The van der Waals surface area contributed by atoms with Gasteiger partial charge in [0.25, 0.3) is 0 Å². The molecule has 3 aliphatic heterocycles.